The average Bonchev–Trinajstić information content (AvgIpc) is 2.66. The van der Waals surface area contributed by atoms with Gasteiger partial charge in [0.25, 0.3) is 11.6 Å². The molecule has 0 atom stereocenters. The Morgan fingerprint density at radius 1 is 1.29 bits per heavy atom. The fourth-order valence-corrected chi connectivity index (χ4v) is 2.80. The molecule has 0 aromatic heterocycles. The van der Waals surface area contributed by atoms with Crippen LogP contribution in [0.4, 0.5) is 11.4 Å². The number of nitro benzene ring substituents is 1. The number of nitrogens with one attached hydrogen (secondary N) is 2. The molecule has 0 aliphatic rings. The largest absolute Gasteiger partial charge is 0.496 e. The van der Waals surface area contributed by atoms with Gasteiger partial charge in [-0.15, -0.1) is 0 Å². The van der Waals surface area contributed by atoms with Crippen LogP contribution in [-0.2, 0) is 0 Å². The summed E-state index contributed by atoms with van der Waals surface area (Å²) in [7, 11) is 1.41. The lowest BCUT2D eigenvalue weighted by Crippen LogP contribution is -2.34. The molecule has 2 rings (SSSR count). The minimum absolute atomic E-state index is 0.0836. The molecule has 0 aliphatic carbocycles. The highest BCUT2D eigenvalue weighted by Gasteiger charge is 2.19. The topological polar surface area (TPSA) is 103 Å². The number of anilines is 1. The van der Waals surface area contributed by atoms with Gasteiger partial charge in [-0.25, -0.2) is 0 Å². The summed E-state index contributed by atoms with van der Waals surface area (Å²) in [6, 6.07) is 9.31. The highest BCUT2D eigenvalue weighted by Crippen LogP contribution is 2.29. The second kappa shape index (κ2) is 10.00. The lowest BCUT2D eigenvalue weighted by molar-refractivity contribution is -0.384. The number of nitrogens with zero attached hydrogens (tertiary/aromatic N) is 1. The molecule has 8 nitrogen and oxygen atoms in total. The zero-order valence-electron chi connectivity index (χ0n) is 15.2. The number of carbonyl (C=O) groups is 1. The standard InChI is InChI=1S/C18H18BrN3O5S/c1-3-8-27-16-7-4-11(19)9-13(16)17(23)21-18(28)20-14-6-5-12(26-2)10-15(14)22(24)25/h4-7,9-10H,3,8H2,1-2H3,(H2,20,21,23,28). The molecular formula is C18H18BrN3O5S. The highest BCUT2D eigenvalue weighted by atomic mass is 79.9. The van der Waals surface area contributed by atoms with Gasteiger partial charge >= 0.3 is 0 Å². The molecule has 2 aromatic rings. The monoisotopic (exact) mass is 467 g/mol. The van der Waals surface area contributed by atoms with Crippen LogP contribution >= 0.6 is 28.1 Å². The maximum Gasteiger partial charge on any atom is 0.296 e. The third-order valence-electron chi connectivity index (χ3n) is 3.52. The molecule has 0 heterocycles. The molecule has 0 radical (unpaired) electrons. The van der Waals surface area contributed by atoms with Crippen LogP contribution in [-0.4, -0.2) is 29.7 Å². The summed E-state index contributed by atoms with van der Waals surface area (Å²) in [6.07, 6.45) is 0.790. The average molecular weight is 468 g/mol. The molecule has 2 N–H and O–H groups in total. The molecule has 0 bridgehead atoms. The van der Waals surface area contributed by atoms with Crippen LogP contribution in [0.5, 0.6) is 11.5 Å². The van der Waals surface area contributed by atoms with Gasteiger partial charge < -0.3 is 14.8 Å². The van der Waals surface area contributed by atoms with Gasteiger partial charge in [-0.1, -0.05) is 22.9 Å². The Hall–Kier alpha value is -2.72. The first-order valence-electron chi connectivity index (χ1n) is 8.22. The van der Waals surface area contributed by atoms with Gasteiger partial charge in [0.1, 0.15) is 17.2 Å². The molecule has 0 spiro atoms. The lowest BCUT2D eigenvalue weighted by atomic mass is 10.2. The van der Waals surface area contributed by atoms with Crippen molar-refractivity contribution in [3.63, 3.8) is 0 Å². The van der Waals surface area contributed by atoms with Gasteiger partial charge in [-0.05, 0) is 49.0 Å². The van der Waals surface area contributed by atoms with Crippen LogP contribution in [0.2, 0.25) is 0 Å². The number of hydrogen-bond donors (Lipinski definition) is 2. The number of methoxy groups -OCH3 is 1. The molecule has 148 valence electrons. The second-order valence-corrected chi connectivity index (χ2v) is 6.86. The molecule has 2 aromatic carbocycles. The predicted octanol–water partition coefficient (Wildman–Crippen LogP) is 4.28. The molecule has 28 heavy (non-hydrogen) atoms. The molecule has 10 heteroatoms. The van der Waals surface area contributed by atoms with Gasteiger partial charge in [0.05, 0.1) is 30.3 Å². The zero-order valence-corrected chi connectivity index (χ0v) is 17.6. The van der Waals surface area contributed by atoms with E-state index < -0.39 is 10.8 Å². The van der Waals surface area contributed by atoms with Crippen molar-refractivity contribution in [1.29, 1.82) is 0 Å². The first kappa shape index (κ1) is 21.6. The minimum Gasteiger partial charge on any atom is -0.496 e. The van der Waals surface area contributed by atoms with E-state index in [0.717, 1.165) is 6.42 Å². The van der Waals surface area contributed by atoms with Gasteiger partial charge in [0, 0.05) is 4.47 Å². The minimum atomic E-state index is -0.569. The number of halogens is 1. The number of hydrogen-bond acceptors (Lipinski definition) is 6. The Balaban J connectivity index is 2.17. The van der Waals surface area contributed by atoms with E-state index >= 15 is 0 Å². The number of thiocarbonyl (C=S) groups is 1. The van der Waals surface area contributed by atoms with E-state index in [1.807, 2.05) is 6.92 Å². The summed E-state index contributed by atoms with van der Waals surface area (Å²) in [5.41, 5.74) is 0.189. The highest BCUT2D eigenvalue weighted by molar-refractivity contribution is 9.10. The van der Waals surface area contributed by atoms with Crippen LogP contribution in [0.15, 0.2) is 40.9 Å². The Kier molecular flexibility index (Phi) is 7.70. The zero-order chi connectivity index (χ0) is 20.7. The van der Waals surface area contributed by atoms with Crippen molar-refractivity contribution in [1.82, 2.24) is 5.32 Å². The van der Waals surface area contributed by atoms with E-state index in [4.69, 9.17) is 21.7 Å². The van der Waals surface area contributed by atoms with Crippen molar-refractivity contribution in [3.05, 3.63) is 56.5 Å². The van der Waals surface area contributed by atoms with Gasteiger partial charge in [0.2, 0.25) is 0 Å². The fraction of sp³-hybridized carbons (Fsp3) is 0.222. The summed E-state index contributed by atoms with van der Waals surface area (Å²) in [6.45, 7) is 2.42. The molecule has 1 amide bonds. The lowest BCUT2D eigenvalue weighted by Gasteiger charge is -2.13. The first-order chi connectivity index (χ1) is 13.3. The van der Waals surface area contributed by atoms with Crippen LogP contribution in [0.3, 0.4) is 0 Å². The quantitative estimate of drug-likeness (QED) is 0.355. The molecule has 0 fully saturated rings. The summed E-state index contributed by atoms with van der Waals surface area (Å²) in [4.78, 5) is 23.3. The number of amides is 1. The molecule has 0 unspecified atom stereocenters. The van der Waals surface area contributed by atoms with Crippen LogP contribution in [0, 0.1) is 10.1 Å². The van der Waals surface area contributed by atoms with Crippen LogP contribution < -0.4 is 20.1 Å². The Morgan fingerprint density at radius 3 is 2.68 bits per heavy atom. The van der Waals surface area contributed by atoms with Crippen molar-refractivity contribution < 1.29 is 19.2 Å². The second-order valence-electron chi connectivity index (χ2n) is 5.54. The Bertz CT molecular complexity index is 907. The molecule has 0 aliphatic heterocycles. The van der Waals surface area contributed by atoms with Gasteiger partial charge in [0.15, 0.2) is 5.11 Å². The first-order valence-corrected chi connectivity index (χ1v) is 9.43. The number of benzene rings is 2. The van der Waals surface area contributed by atoms with Gasteiger partial charge in [-0.3, -0.25) is 20.2 Å². The third kappa shape index (κ3) is 5.64. The maximum atomic E-state index is 12.6. The Morgan fingerprint density at radius 2 is 2.04 bits per heavy atom. The van der Waals surface area contributed by atoms with E-state index in [1.165, 1.54) is 19.2 Å². The fourth-order valence-electron chi connectivity index (χ4n) is 2.24. The van der Waals surface area contributed by atoms with E-state index in [0.29, 0.717) is 22.6 Å². The summed E-state index contributed by atoms with van der Waals surface area (Å²) >= 11 is 8.45. The van der Waals surface area contributed by atoms with E-state index in [1.54, 1.807) is 24.3 Å². The number of nitro groups is 1. The molecular weight excluding hydrogens is 450 g/mol. The van der Waals surface area contributed by atoms with E-state index in [-0.39, 0.29) is 22.1 Å². The van der Waals surface area contributed by atoms with Crippen molar-refractivity contribution in [2.24, 2.45) is 0 Å². The smallest absolute Gasteiger partial charge is 0.296 e. The van der Waals surface area contributed by atoms with Crippen molar-refractivity contribution in [3.8, 4) is 11.5 Å². The summed E-state index contributed by atoms with van der Waals surface area (Å²) in [5.74, 6) is 0.251. The van der Waals surface area contributed by atoms with Crippen molar-refractivity contribution in [2.45, 2.75) is 13.3 Å². The number of ether oxygens (including phenoxy) is 2. The predicted molar refractivity (Wildman–Crippen MR) is 113 cm³/mol. The van der Waals surface area contributed by atoms with Crippen molar-refractivity contribution >= 4 is 50.5 Å². The van der Waals surface area contributed by atoms with Crippen LogP contribution in [0.1, 0.15) is 23.7 Å². The normalized spacial score (nSPS) is 10.1. The maximum absolute atomic E-state index is 12.6. The third-order valence-corrected chi connectivity index (χ3v) is 4.22. The Labute approximate surface area is 175 Å². The van der Waals surface area contributed by atoms with E-state index in [9.17, 15) is 14.9 Å². The van der Waals surface area contributed by atoms with E-state index in [2.05, 4.69) is 26.6 Å². The molecule has 0 saturated carbocycles. The SMILES string of the molecule is CCCOc1ccc(Br)cc1C(=O)NC(=S)Nc1ccc(OC)cc1[N+](=O)[O-]. The summed E-state index contributed by atoms with van der Waals surface area (Å²) in [5, 5.41) is 16.4. The molecule has 0 saturated heterocycles. The number of carbonyl (C=O) groups excluding carboxylic acids is 1. The number of rotatable bonds is 7. The van der Waals surface area contributed by atoms with Gasteiger partial charge in [-0.2, -0.15) is 0 Å². The van der Waals surface area contributed by atoms with Crippen molar-refractivity contribution in [2.75, 3.05) is 19.0 Å². The van der Waals surface area contributed by atoms with Crippen LogP contribution in [0.25, 0.3) is 0 Å². The summed E-state index contributed by atoms with van der Waals surface area (Å²) < 4.78 is 11.3.